The smallest absolute Gasteiger partial charge is 0.265 e. The van der Waals surface area contributed by atoms with Gasteiger partial charge < -0.3 is 4.74 Å². The quantitative estimate of drug-likeness (QED) is 0.470. The molecular weight excluding hydrogens is 254 g/mol. The van der Waals surface area contributed by atoms with Crippen LogP contribution in [0, 0.1) is 0 Å². The molecule has 1 aromatic carbocycles. The average Bonchev–Trinajstić information content (AvgIpc) is 2.94. The van der Waals surface area contributed by atoms with Crippen molar-refractivity contribution in [1.82, 2.24) is 10.3 Å². The molecular formula is C15H23N3O2. The summed E-state index contributed by atoms with van der Waals surface area (Å²) in [5, 5.41) is 0. The second-order valence-corrected chi connectivity index (χ2v) is 5.09. The van der Waals surface area contributed by atoms with Crippen molar-refractivity contribution in [1.29, 1.82) is 0 Å². The van der Waals surface area contributed by atoms with Gasteiger partial charge >= 0.3 is 0 Å². The summed E-state index contributed by atoms with van der Waals surface area (Å²) in [5.41, 5.74) is 2.64. The molecule has 2 rings (SSSR count). The van der Waals surface area contributed by atoms with Gasteiger partial charge in [0.1, 0.15) is 12.4 Å². The summed E-state index contributed by atoms with van der Waals surface area (Å²) in [5.74, 6) is 5.57. The molecule has 1 amide bonds. The molecule has 1 heterocycles. The molecule has 0 saturated carbocycles. The van der Waals surface area contributed by atoms with E-state index in [2.05, 4.69) is 17.2 Å². The first-order chi connectivity index (χ1) is 9.74. The molecule has 1 unspecified atom stereocenters. The molecule has 1 aliphatic heterocycles. The number of nitrogens with zero attached hydrogens (tertiary/aromatic N) is 1. The number of carbonyl (C=O) groups is 1. The van der Waals surface area contributed by atoms with Gasteiger partial charge in [-0.1, -0.05) is 6.92 Å². The molecule has 0 radical (unpaired) electrons. The Morgan fingerprint density at radius 1 is 1.45 bits per heavy atom. The second kappa shape index (κ2) is 7.26. The summed E-state index contributed by atoms with van der Waals surface area (Å²) >= 11 is 0. The lowest BCUT2D eigenvalue weighted by molar-refractivity contribution is 0.0953. The summed E-state index contributed by atoms with van der Waals surface area (Å²) in [6.07, 6.45) is 3.81. The number of carbonyl (C=O) groups excluding carboxylic acids is 1. The van der Waals surface area contributed by atoms with E-state index in [1.54, 1.807) is 24.3 Å². The van der Waals surface area contributed by atoms with E-state index in [-0.39, 0.29) is 5.91 Å². The van der Waals surface area contributed by atoms with Crippen LogP contribution in [0.25, 0.3) is 0 Å². The predicted molar refractivity (Wildman–Crippen MR) is 78.5 cm³/mol. The van der Waals surface area contributed by atoms with Crippen molar-refractivity contribution in [3.63, 3.8) is 0 Å². The Balaban J connectivity index is 1.78. The van der Waals surface area contributed by atoms with Crippen molar-refractivity contribution in [2.75, 3.05) is 19.7 Å². The highest BCUT2D eigenvalue weighted by atomic mass is 16.5. The summed E-state index contributed by atoms with van der Waals surface area (Å²) in [7, 11) is 0. The Kier molecular flexibility index (Phi) is 5.38. The van der Waals surface area contributed by atoms with Gasteiger partial charge in [0.05, 0.1) is 0 Å². The molecule has 1 aromatic rings. The Bertz CT molecular complexity index is 433. The molecule has 0 aliphatic carbocycles. The fraction of sp³-hybridized carbons (Fsp3) is 0.533. The topological polar surface area (TPSA) is 67.6 Å². The highest BCUT2D eigenvalue weighted by molar-refractivity contribution is 5.93. The highest BCUT2D eigenvalue weighted by Gasteiger charge is 2.22. The number of hydrogen-bond acceptors (Lipinski definition) is 4. The molecule has 0 aromatic heterocycles. The van der Waals surface area contributed by atoms with Crippen LogP contribution in [0.15, 0.2) is 24.3 Å². The van der Waals surface area contributed by atoms with Crippen molar-refractivity contribution in [3.05, 3.63) is 29.8 Å². The third kappa shape index (κ3) is 3.71. The molecule has 1 fully saturated rings. The number of benzene rings is 1. The van der Waals surface area contributed by atoms with Crippen LogP contribution in [-0.4, -0.2) is 36.5 Å². The van der Waals surface area contributed by atoms with Gasteiger partial charge in [0, 0.05) is 18.2 Å². The minimum absolute atomic E-state index is 0.292. The molecule has 1 atom stereocenters. The van der Waals surface area contributed by atoms with Crippen LogP contribution >= 0.6 is 0 Å². The Morgan fingerprint density at radius 3 is 2.85 bits per heavy atom. The Hall–Kier alpha value is -1.59. The number of likely N-dealkylation sites (tertiary alicyclic amines) is 1. The molecule has 1 saturated heterocycles. The van der Waals surface area contributed by atoms with E-state index in [9.17, 15) is 4.79 Å². The van der Waals surface area contributed by atoms with Crippen LogP contribution in [0.4, 0.5) is 0 Å². The lowest BCUT2D eigenvalue weighted by Gasteiger charge is -2.23. The van der Waals surface area contributed by atoms with Crippen LogP contribution in [0.3, 0.4) is 0 Å². The first-order valence-electron chi connectivity index (χ1n) is 7.22. The molecule has 5 nitrogen and oxygen atoms in total. The maximum atomic E-state index is 11.3. The van der Waals surface area contributed by atoms with E-state index in [1.807, 2.05) is 0 Å². The monoisotopic (exact) mass is 277 g/mol. The van der Waals surface area contributed by atoms with Gasteiger partial charge in [0.2, 0.25) is 0 Å². The van der Waals surface area contributed by atoms with Crippen molar-refractivity contribution in [2.24, 2.45) is 5.84 Å². The number of amides is 1. The summed E-state index contributed by atoms with van der Waals surface area (Å²) < 4.78 is 5.72. The van der Waals surface area contributed by atoms with Crippen molar-refractivity contribution in [2.45, 2.75) is 32.2 Å². The number of nitrogens with two attached hydrogens (primary N) is 1. The van der Waals surface area contributed by atoms with Gasteiger partial charge in [0.25, 0.3) is 5.91 Å². The number of hydrogen-bond donors (Lipinski definition) is 2. The maximum Gasteiger partial charge on any atom is 0.265 e. The van der Waals surface area contributed by atoms with E-state index >= 15 is 0 Å². The van der Waals surface area contributed by atoms with Crippen LogP contribution in [0.1, 0.15) is 36.5 Å². The summed E-state index contributed by atoms with van der Waals surface area (Å²) in [6.45, 7) is 5.06. The minimum Gasteiger partial charge on any atom is -0.492 e. The number of rotatable bonds is 6. The van der Waals surface area contributed by atoms with Crippen LogP contribution in [-0.2, 0) is 0 Å². The van der Waals surface area contributed by atoms with E-state index in [0.717, 1.165) is 12.3 Å². The van der Waals surface area contributed by atoms with Gasteiger partial charge in [0.15, 0.2) is 0 Å². The zero-order valence-electron chi connectivity index (χ0n) is 12.0. The SMILES string of the molecule is CCC1CCCN1CCOc1ccc(C(=O)NN)cc1. The molecule has 110 valence electrons. The summed E-state index contributed by atoms with van der Waals surface area (Å²) in [6, 6.07) is 7.73. The van der Waals surface area contributed by atoms with Crippen molar-refractivity contribution in [3.8, 4) is 5.75 Å². The van der Waals surface area contributed by atoms with Crippen LogP contribution in [0.5, 0.6) is 5.75 Å². The number of nitrogen functional groups attached to an aromatic ring is 1. The normalized spacial score (nSPS) is 19.0. The molecule has 20 heavy (non-hydrogen) atoms. The second-order valence-electron chi connectivity index (χ2n) is 5.09. The van der Waals surface area contributed by atoms with Crippen LogP contribution in [0.2, 0.25) is 0 Å². The van der Waals surface area contributed by atoms with E-state index in [0.29, 0.717) is 18.2 Å². The third-order valence-corrected chi connectivity index (χ3v) is 3.87. The average molecular weight is 277 g/mol. The zero-order chi connectivity index (χ0) is 14.4. The fourth-order valence-corrected chi connectivity index (χ4v) is 2.72. The Morgan fingerprint density at radius 2 is 2.20 bits per heavy atom. The van der Waals surface area contributed by atoms with Crippen molar-refractivity contribution < 1.29 is 9.53 Å². The van der Waals surface area contributed by atoms with Gasteiger partial charge in [-0.3, -0.25) is 15.1 Å². The van der Waals surface area contributed by atoms with E-state index < -0.39 is 0 Å². The van der Waals surface area contributed by atoms with Crippen LogP contribution < -0.4 is 16.0 Å². The lowest BCUT2D eigenvalue weighted by Crippen LogP contribution is -2.32. The molecule has 0 bridgehead atoms. The molecule has 0 spiro atoms. The first-order valence-corrected chi connectivity index (χ1v) is 7.22. The number of ether oxygens (including phenoxy) is 1. The highest BCUT2D eigenvalue weighted by Crippen LogP contribution is 2.19. The largest absolute Gasteiger partial charge is 0.492 e. The van der Waals surface area contributed by atoms with Crippen molar-refractivity contribution >= 4 is 5.91 Å². The fourth-order valence-electron chi connectivity index (χ4n) is 2.72. The van der Waals surface area contributed by atoms with Gasteiger partial charge in [-0.25, -0.2) is 5.84 Å². The molecule has 1 aliphatic rings. The predicted octanol–water partition coefficient (Wildman–Crippen LogP) is 1.54. The molecule has 5 heteroatoms. The molecule has 3 N–H and O–H groups in total. The van der Waals surface area contributed by atoms with Gasteiger partial charge in [-0.2, -0.15) is 0 Å². The van der Waals surface area contributed by atoms with Gasteiger partial charge in [-0.15, -0.1) is 0 Å². The Labute approximate surface area is 120 Å². The minimum atomic E-state index is -0.292. The zero-order valence-corrected chi connectivity index (χ0v) is 12.0. The standard InChI is InChI=1S/C15H23N3O2/c1-2-13-4-3-9-18(13)10-11-20-14-7-5-12(6-8-14)15(19)17-16/h5-8,13H,2-4,9-11,16H2,1H3,(H,17,19). The summed E-state index contributed by atoms with van der Waals surface area (Å²) in [4.78, 5) is 13.8. The number of hydrazine groups is 1. The van der Waals surface area contributed by atoms with Gasteiger partial charge in [-0.05, 0) is 50.1 Å². The lowest BCUT2D eigenvalue weighted by atomic mass is 10.2. The first kappa shape index (κ1) is 14.8. The van der Waals surface area contributed by atoms with E-state index in [1.165, 1.54) is 25.8 Å². The maximum absolute atomic E-state index is 11.3. The van der Waals surface area contributed by atoms with E-state index in [4.69, 9.17) is 10.6 Å². The third-order valence-electron chi connectivity index (χ3n) is 3.87. The number of nitrogens with one attached hydrogen (secondary N) is 1.